The summed E-state index contributed by atoms with van der Waals surface area (Å²) < 4.78 is 12.9. The molecule has 1 aliphatic rings. The van der Waals surface area contributed by atoms with Crippen LogP contribution in [0.5, 0.6) is 5.75 Å². The van der Waals surface area contributed by atoms with Crippen LogP contribution in [0.15, 0.2) is 23.4 Å². The minimum Gasteiger partial charge on any atom is -0.481 e. The van der Waals surface area contributed by atoms with Gasteiger partial charge in [-0.2, -0.15) is 0 Å². The van der Waals surface area contributed by atoms with E-state index in [1.54, 1.807) is 18.2 Å². The Morgan fingerprint density at radius 1 is 1.32 bits per heavy atom. The highest BCUT2D eigenvalue weighted by molar-refractivity contribution is 7.99. The summed E-state index contributed by atoms with van der Waals surface area (Å²) in [5.74, 6) is 1.06. The van der Waals surface area contributed by atoms with Gasteiger partial charge in [-0.15, -0.1) is 21.5 Å². The van der Waals surface area contributed by atoms with Gasteiger partial charge in [0.1, 0.15) is 10.8 Å². The van der Waals surface area contributed by atoms with Crippen LogP contribution >= 0.6 is 46.3 Å². The number of hydrogen-bond acceptors (Lipinski definition) is 8. The van der Waals surface area contributed by atoms with Gasteiger partial charge in [0.15, 0.2) is 17.1 Å². The summed E-state index contributed by atoms with van der Waals surface area (Å²) in [5.41, 5.74) is 1.49. The van der Waals surface area contributed by atoms with Crippen molar-refractivity contribution in [2.45, 2.75) is 57.8 Å². The maximum absolute atomic E-state index is 12.9. The van der Waals surface area contributed by atoms with Crippen LogP contribution in [0.3, 0.4) is 0 Å². The number of anilines is 1. The van der Waals surface area contributed by atoms with E-state index in [0.29, 0.717) is 49.8 Å². The largest absolute Gasteiger partial charge is 0.481 e. The Balaban J connectivity index is 1.45. The van der Waals surface area contributed by atoms with Gasteiger partial charge >= 0.3 is 5.97 Å². The lowest BCUT2D eigenvalue weighted by atomic mass is 9.88. The van der Waals surface area contributed by atoms with Crippen LogP contribution in [-0.4, -0.2) is 39.5 Å². The lowest BCUT2D eigenvalue weighted by molar-refractivity contribution is -0.113. The fraction of sp³-hybridized carbons (Fsp3) is 0.440. The van der Waals surface area contributed by atoms with Crippen LogP contribution in [0.1, 0.15) is 59.9 Å². The average molecular weight is 584 g/mol. The molecule has 0 spiro atoms. The number of carbonyl (C=O) groups excluding carboxylic acids is 2. The molecular formula is C25H28Cl2N4O4S2. The molecule has 1 amide bonds. The van der Waals surface area contributed by atoms with Crippen molar-refractivity contribution in [1.29, 1.82) is 0 Å². The highest BCUT2D eigenvalue weighted by atomic mass is 35.5. The minimum atomic E-state index is -0.450. The van der Waals surface area contributed by atoms with Gasteiger partial charge in [0.2, 0.25) is 5.91 Å². The Labute approximate surface area is 234 Å². The zero-order valence-electron chi connectivity index (χ0n) is 21.0. The number of thioether (sulfide) groups is 1. The number of rotatable bonds is 9. The molecule has 4 rings (SSSR count). The molecule has 1 aliphatic carbocycles. The third-order valence-electron chi connectivity index (χ3n) is 6.11. The van der Waals surface area contributed by atoms with Gasteiger partial charge in [-0.25, -0.2) is 4.79 Å². The normalized spacial score (nSPS) is 15.7. The third kappa shape index (κ3) is 6.25. The van der Waals surface area contributed by atoms with Gasteiger partial charge in [0.25, 0.3) is 0 Å². The van der Waals surface area contributed by atoms with Gasteiger partial charge in [-0.1, -0.05) is 41.9 Å². The van der Waals surface area contributed by atoms with E-state index >= 15 is 0 Å². The Kier molecular flexibility index (Phi) is 9.05. The maximum atomic E-state index is 12.9. The monoisotopic (exact) mass is 582 g/mol. The number of halogens is 2. The summed E-state index contributed by atoms with van der Waals surface area (Å²) >= 11 is 15.0. The zero-order valence-corrected chi connectivity index (χ0v) is 24.1. The summed E-state index contributed by atoms with van der Waals surface area (Å²) in [6, 6.07) is 5.01. The van der Waals surface area contributed by atoms with Gasteiger partial charge < -0.3 is 19.4 Å². The Morgan fingerprint density at radius 3 is 2.84 bits per heavy atom. The number of carbonyl (C=O) groups is 2. The first-order valence-electron chi connectivity index (χ1n) is 11.9. The minimum absolute atomic E-state index is 0.104. The number of thiophene rings is 1. The zero-order chi connectivity index (χ0) is 26.7. The molecule has 2 heterocycles. The Morgan fingerprint density at radius 2 is 2.11 bits per heavy atom. The van der Waals surface area contributed by atoms with Crippen LogP contribution in [-0.2, 0) is 28.9 Å². The van der Waals surface area contributed by atoms with Crippen molar-refractivity contribution in [3.63, 3.8) is 0 Å². The number of esters is 1. The predicted octanol–water partition coefficient (Wildman–Crippen LogP) is 6.45. The van der Waals surface area contributed by atoms with Crippen LogP contribution in [0.4, 0.5) is 5.00 Å². The van der Waals surface area contributed by atoms with E-state index in [2.05, 4.69) is 22.4 Å². The molecule has 0 fully saturated rings. The van der Waals surface area contributed by atoms with Crippen LogP contribution in [0.25, 0.3) is 0 Å². The second-order valence-corrected chi connectivity index (χ2v) is 11.7. The number of nitrogens with one attached hydrogen (secondary N) is 1. The lowest BCUT2D eigenvalue weighted by Gasteiger charge is -2.18. The van der Waals surface area contributed by atoms with Gasteiger partial charge in [0, 0.05) is 22.5 Å². The van der Waals surface area contributed by atoms with E-state index in [-0.39, 0.29) is 11.7 Å². The highest BCUT2D eigenvalue weighted by Gasteiger charge is 2.29. The number of fused-ring (bicyclic) bond motifs is 1. The molecule has 2 unspecified atom stereocenters. The molecule has 2 atom stereocenters. The van der Waals surface area contributed by atoms with E-state index in [0.717, 1.165) is 29.7 Å². The van der Waals surface area contributed by atoms with Gasteiger partial charge in [-0.05, 0) is 56.7 Å². The molecule has 2 aromatic heterocycles. The molecule has 0 saturated carbocycles. The fourth-order valence-corrected chi connectivity index (χ4v) is 6.81. The van der Waals surface area contributed by atoms with Gasteiger partial charge in [0.05, 0.1) is 23.4 Å². The molecule has 8 nitrogen and oxygen atoms in total. The van der Waals surface area contributed by atoms with Crippen molar-refractivity contribution in [3.8, 4) is 5.75 Å². The number of methoxy groups -OCH3 is 1. The van der Waals surface area contributed by atoms with Crippen LogP contribution in [0, 0.1) is 5.92 Å². The SMILES string of the molecule is CCn1c(SCC(=O)Nc2sc3c(c2C(=O)OC)CCC(C)C3)nnc1C(C)Oc1cc(Cl)ccc1Cl. The average Bonchev–Trinajstić information content (AvgIpc) is 3.44. The summed E-state index contributed by atoms with van der Waals surface area (Å²) in [6.07, 6.45) is 2.27. The molecule has 3 aromatic rings. The number of aromatic nitrogens is 3. The number of hydrogen-bond donors (Lipinski definition) is 1. The number of amides is 1. The van der Waals surface area contributed by atoms with Crippen molar-refractivity contribution in [1.82, 2.24) is 14.8 Å². The van der Waals surface area contributed by atoms with Crippen molar-refractivity contribution in [3.05, 3.63) is 50.1 Å². The summed E-state index contributed by atoms with van der Waals surface area (Å²) in [5, 5.41) is 13.6. The van der Waals surface area contributed by atoms with Crippen molar-refractivity contribution in [2.24, 2.45) is 5.92 Å². The standard InChI is InChI=1S/C25H28Cl2N4O4S2/c1-5-31-22(14(3)35-18-11-15(26)7-9-17(18)27)29-30-25(31)36-12-20(32)28-23-21(24(33)34-4)16-8-6-13(2)10-19(16)37-23/h7,9,11,13-14H,5-6,8,10,12H2,1-4H3,(H,28,32). The molecule has 12 heteroatoms. The topological polar surface area (TPSA) is 95.3 Å². The van der Waals surface area contributed by atoms with Crippen molar-refractivity contribution in [2.75, 3.05) is 18.2 Å². The van der Waals surface area contributed by atoms with E-state index < -0.39 is 12.1 Å². The number of benzene rings is 1. The maximum Gasteiger partial charge on any atom is 0.341 e. The van der Waals surface area contributed by atoms with E-state index in [1.165, 1.54) is 30.2 Å². The first-order valence-corrected chi connectivity index (χ1v) is 14.5. The molecular weight excluding hydrogens is 555 g/mol. The molecule has 1 aromatic carbocycles. The number of nitrogens with zero attached hydrogens (tertiary/aromatic N) is 3. The first-order chi connectivity index (χ1) is 17.7. The van der Waals surface area contributed by atoms with E-state index in [1.807, 2.05) is 18.4 Å². The molecule has 1 N–H and O–H groups in total. The summed E-state index contributed by atoms with van der Waals surface area (Å²) in [7, 11) is 1.36. The molecule has 0 aliphatic heterocycles. The molecule has 198 valence electrons. The number of ether oxygens (including phenoxy) is 2. The molecule has 0 saturated heterocycles. The van der Waals surface area contributed by atoms with Gasteiger partial charge in [-0.3, -0.25) is 4.79 Å². The van der Waals surface area contributed by atoms with Crippen LogP contribution in [0.2, 0.25) is 10.0 Å². The predicted molar refractivity (Wildman–Crippen MR) is 147 cm³/mol. The molecule has 37 heavy (non-hydrogen) atoms. The smallest absolute Gasteiger partial charge is 0.341 e. The third-order valence-corrected chi connectivity index (χ3v) is 8.79. The highest BCUT2D eigenvalue weighted by Crippen LogP contribution is 2.40. The second-order valence-electron chi connectivity index (χ2n) is 8.80. The van der Waals surface area contributed by atoms with Crippen molar-refractivity contribution < 1.29 is 19.1 Å². The summed E-state index contributed by atoms with van der Waals surface area (Å²) in [4.78, 5) is 26.5. The van der Waals surface area contributed by atoms with Crippen LogP contribution < -0.4 is 10.1 Å². The second kappa shape index (κ2) is 12.1. The van der Waals surface area contributed by atoms with E-state index in [4.69, 9.17) is 32.7 Å². The van der Waals surface area contributed by atoms with E-state index in [9.17, 15) is 9.59 Å². The molecule has 0 radical (unpaired) electrons. The molecule has 0 bridgehead atoms. The Hall–Kier alpha value is -2.27. The van der Waals surface area contributed by atoms with Crippen molar-refractivity contribution >= 4 is 63.2 Å². The lowest BCUT2D eigenvalue weighted by Crippen LogP contribution is -2.17. The first kappa shape index (κ1) is 27.8. The summed E-state index contributed by atoms with van der Waals surface area (Å²) in [6.45, 7) is 6.60. The quantitative estimate of drug-likeness (QED) is 0.229. The Bertz CT molecular complexity index is 1310. The fourth-order valence-electron chi connectivity index (χ4n) is 4.27.